The lowest BCUT2D eigenvalue weighted by atomic mass is 10.2. The Morgan fingerprint density at radius 3 is 2.53 bits per heavy atom. The van der Waals surface area contributed by atoms with Gasteiger partial charge in [-0.3, -0.25) is 14.4 Å². The van der Waals surface area contributed by atoms with E-state index >= 15 is 0 Å². The highest BCUT2D eigenvalue weighted by molar-refractivity contribution is 5.90. The molecule has 0 unspecified atom stereocenters. The van der Waals surface area contributed by atoms with Crippen molar-refractivity contribution in [2.24, 2.45) is 0 Å². The van der Waals surface area contributed by atoms with E-state index in [0.717, 1.165) is 25.3 Å². The average molecular weight is 240 g/mol. The van der Waals surface area contributed by atoms with Crippen molar-refractivity contribution in [1.82, 2.24) is 10.6 Å². The lowest BCUT2D eigenvalue weighted by Gasteiger charge is -2.03. The molecule has 2 amide bonds. The molecule has 0 aliphatic carbocycles. The maximum Gasteiger partial charge on any atom is 0.244 e. The monoisotopic (exact) mass is 240 g/mol. The van der Waals surface area contributed by atoms with Crippen LogP contribution in [0, 0.1) is 0 Å². The number of aldehydes is 1. The Morgan fingerprint density at radius 1 is 1.12 bits per heavy atom. The first-order valence-electron chi connectivity index (χ1n) is 5.87. The van der Waals surface area contributed by atoms with E-state index in [4.69, 9.17) is 0 Å². The number of hydrogen-bond donors (Lipinski definition) is 2. The number of carbonyl (C=O) groups is 3. The predicted molar refractivity (Wildman–Crippen MR) is 65.4 cm³/mol. The van der Waals surface area contributed by atoms with Gasteiger partial charge >= 0.3 is 0 Å². The van der Waals surface area contributed by atoms with Crippen LogP contribution in [0.2, 0.25) is 0 Å². The minimum Gasteiger partial charge on any atom is -0.356 e. The molecule has 0 radical (unpaired) electrons. The van der Waals surface area contributed by atoms with Gasteiger partial charge < -0.3 is 10.6 Å². The van der Waals surface area contributed by atoms with E-state index in [9.17, 15) is 14.4 Å². The van der Waals surface area contributed by atoms with Crippen LogP contribution >= 0.6 is 0 Å². The fourth-order valence-corrected chi connectivity index (χ4v) is 1.27. The molecule has 96 valence electrons. The van der Waals surface area contributed by atoms with E-state index in [0.29, 0.717) is 25.8 Å². The second-order valence-electron chi connectivity index (χ2n) is 3.55. The molecule has 0 heterocycles. The molecule has 0 aromatic heterocycles. The van der Waals surface area contributed by atoms with E-state index in [1.165, 1.54) is 6.08 Å². The van der Waals surface area contributed by atoms with E-state index in [1.54, 1.807) is 0 Å². The Bertz CT molecular complexity index is 275. The molecule has 5 heteroatoms. The largest absolute Gasteiger partial charge is 0.356 e. The molecule has 0 atom stereocenters. The zero-order valence-electron chi connectivity index (χ0n) is 10.2. The van der Waals surface area contributed by atoms with Gasteiger partial charge in [-0.25, -0.2) is 0 Å². The summed E-state index contributed by atoms with van der Waals surface area (Å²) in [7, 11) is 0. The van der Waals surface area contributed by atoms with Crippen molar-refractivity contribution in [1.29, 1.82) is 0 Å². The number of hydrogen-bond acceptors (Lipinski definition) is 3. The minimum absolute atomic E-state index is 0.0745. The molecule has 0 aliphatic heterocycles. The van der Waals surface area contributed by atoms with E-state index in [1.807, 2.05) is 6.92 Å². The molecule has 0 saturated heterocycles. The zero-order valence-corrected chi connectivity index (χ0v) is 10.2. The molecule has 0 fully saturated rings. The fourth-order valence-electron chi connectivity index (χ4n) is 1.27. The highest BCUT2D eigenvalue weighted by atomic mass is 16.2. The average Bonchev–Trinajstić information content (AvgIpc) is 2.31. The van der Waals surface area contributed by atoms with Gasteiger partial charge in [0.2, 0.25) is 11.8 Å². The summed E-state index contributed by atoms with van der Waals surface area (Å²) in [5.41, 5.74) is 0. The summed E-state index contributed by atoms with van der Waals surface area (Å²) in [6.07, 6.45) is 6.01. The standard InChI is InChI=1S/C12H20N2O3/c1-2-13-11(16)7-4-3-5-9-14-12(17)8-6-10-15/h6,8,10H,2-5,7,9H2,1H3,(H,13,16)(H,14,17)/b8-6-. The van der Waals surface area contributed by atoms with Gasteiger partial charge in [0.15, 0.2) is 0 Å². The van der Waals surface area contributed by atoms with Crippen molar-refractivity contribution in [3.8, 4) is 0 Å². The quantitative estimate of drug-likeness (QED) is 0.351. The molecule has 17 heavy (non-hydrogen) atoms. The Kier molecular flexibility index (Phi) is 9.80. The summed E-state index contributed by atoms with van der Waals surface area (Å²) in [5, 5.41) is 5.37. The van der Waals surface area contributed by atoms with Crippen molar-refractivity contribution in [2.75, 3.05) is 13.1 Å². The molecular formula is C12H20N2O3. The van der Waals surface area contributed by atoms with E-state index in [-0.39, 0.29) is 11.8 Å². The van der Waals surface area contributed by atoms with Crippen molar-refractivity contribution in [3.63, 3.8) is 0 Å². The van der Waals surface area contributed by atoms with E-state index < -0.39 is 0 Å². The maximum absolute atomic E-state index is 11.1. The second kappa shape index (κ2) is 10.9. The number of carbonyl (C=O) groups excluding carboxylic acids is 3. The third kappa shape index (κ3) is 10.6. The molecule has 5 nitrogen and oxygen atoms in total. The molecule has 0 spiro atoms. The molecule has 0 saturated carbocycles. The van der Waals surface area contributed by atoms with Crippen LogP contribution in [0.4, 0.5) is 0 Å². The molecule has 0 aromatic carbocycles. The van der Waals surface area contributed by atoms with Crippen LogP contribution in [-0.2, 0) is 14.4 Å². The smallest absolute Gasteiger partial charge is 0.244 e. The van der Waals surface area contributed by atoms with Gasteiger partial charge in [0.25, 0.3) is 0 Å². The Labute approximate surface area is 102 Å². The van der Waals surface area contributed by atoms with Gasteiger partial charge in [-0.15, -0.1) is 0 Å². The Morgan fingerprint density at radius 2 is 1.88 bits per heavy atom. The molecule has 0 bridgehead atoms. The van der Waals surface area contributed by atoms with Gasteiger partial charge in [0, 0.05) is 25.6 Å². The summed E-state index contributed by atoms with van der Waals surface area (Å²) >= 11 is 0. The van der Waals surface area contributed by atoms with Crippen LogP contribution in [0.15, 0.2) is 12.2 Å². The van der Waals surface area contributed by atoms with Crippen molar-refractivity contribution >= 4 is 18.1 Å². The number of unbranched alkanes of at least 4 members (excludes halogenated alkanes) is 2. The highest BCUT2D eigenvalue weighted by Gasteiger charge is 1.99. The number of amides is 2. The molecule has 0 aliphatic rings. The van der Waals surface area contributed by atoms with Gasteiger partial charge in [0.1, 0.15) is 6.29 Å². The Hall–Kier alpha value is -1.65. The lowest BCUT2D eigenvalue weighted by Crippen LogP contribution is -2.23. The molecule has 0 rings (SSSR count). The number of nitrogens with one attached hydrogen (secondary N) is 2. The van der Waals surface area contributed by atoms with Crippen LogP contribution in [0.3, 0.4) is 0 Å². The first kappa shape index (κ1) is 15.3. The van der Waals surface area contributed by atoms with Crippen molar-refractivity contribution in [3.05, 3.63) is 12.2 Å². The van der Waals surface area contributed by atoms with Crippen LogP contribution in [0.5, 0.6) is 0 Å². The second-order valence-corrected chi connectivity index (χ2v) is 3.55. The van der Waals surface area contributed by atoms with Crippen LogP contribution in [0.1, 0.15) is 32.6 Å². The summed E-state index contributed by atoms with van der Waals surface area (Å²) in [4.78, 5) is 32.0. The van der Waals surface area contributed by atoms with Gasteiger partial charge in [-0.05, 0) is 25.8 Å². The SMILES string of the molecule is CCNC(=O)CCCCCNC(=O)/C=C\C=O. The normalized spacial score (nSPS) is 10.2. The predicted octanol–water partition coefficient (Wildman–Crippen LogP) is 0.554. The van der Waals surface area contributed by atoms with Crippen LogP contribution < -0.4 is 10.6 Å². The maximum atomic E-state index is 11.1. The number of allylic oxidation sites excluding steroid dienone is 1. The summed E-state index contributed by atoms with van der Waals surface area (Å²) < 4.78 is 0. The van der Waals surface area contributed by atoms with Crippen molar-refractivity contribution < 1.29 is 14.4 Å². The zero-order chi connectivity index (χ0) is 12.9. The van der Waals surface area contributed by atoms with Crippen LogP contribution in [0.25, 0.3) is 0 Å². The van der Waals surface area contributed by atoms with Gasteiger partial charge in [-0.1, -0.05) is 6.42 Å². The topological polar surface area (TPSA) is 75.3 Å². The van der Waals surface area contributed by atoms with Gasteiger partial charge in [-0.2, -0.15) is 0 Å². The number of rotatable bonds is 9. The third-order valence-electron chi connectivity index (χ3n) is 2.08. The third-order valence-corrected chi connectivity index (χ3v) is 2.08. The lowest BCUT2D eigenvalue weighted by molar-refractivity contribution is -0.121. The summed E-state index contributed by atoms with van der Waals surface area (Å²) in [6, 6.07) is 0. The first-order valence-corrected chi connectivity index (χ1v) is 5.87. The summed E-state index contributed by atoms with van der Waals surface area (Å²) in [6.45, 7) is 3.12. The summed E-state index contributed by atoms with van der Waals surface area (Å²) in [5.74, 6) is -0.189. The molecule has 2 N–H and O–H groups in total. The first-order chi connectivity index (χ1) is 8.20. The molecular weight excluding hydrogens is 220 g/mol. The van der Waals surface area contributed by atoms with Crippen LogP contribution in [-0.4, -0.2) is 31.2 Å². The van der Waals surface area contributed by atoms with Crippen molar-refractivity contribution in [2.45, 2.75) is 32.6 Å². The minimum atomic E-state index is -0.263. The highest BCUT2D eigenvalue weighted by Crippen LogP contribution is 1.98. The fraction of sp³-hybridized carbons (Fsp3) is 0.583. The van der Waals surface area contributed by atoms with Gasteiger partial charge in [0.05, 0.1) is 0 Å². The molecule has 0 aromatic rings. The Balaban J connectivity index is 3.34. The van der Waals surface area contributed by atoms with E-state index in [2.05, 4.69) is 10.6 Å².